The maximum absolute atomic E-state index is 11.0. The molecule has 2 aromatic rings. The number of hydrogen-bond acceptors (Lipinski definition) is 4. The van der Waals surface area contributed by atoms with Gasteiger partial charge >= 0.3 is 5.97 Å². The number of nitrogens with zero attached hydrogens (tertiary/aromatic N) is 2. The van der Waals surface area contributed by atoms with E-state index in [2.05, 4.69) is 20.9 Å². The number of carbonyl (C=O) groups is 1. The Labute approximate surface area is 116 Å². The highest BCUT2D eigenvalue weighted by atomic mass is 79.9. The summed E-state index contributed by atoms with van der Waals surface area (Å²) in [5, 5.41) is 18.3. The van der Waals surface area contributed by atoms with Crippen molar-refractivity contribution >= 4 is 33.2 Å². The highest BCUT2D eigenvalue weighted by molar-refractivity contribution is 9.10. The third kappa shape index (κ3) is 2.42. The minimum Gasteiger partial charge on any atom is -0.476 e. The number of benzene rings is 1. The maximum Gasteiger partial charge on any atom is 0.355 e. The zero-order chi connectivity index (χ0) is 13.1. The second kappa shape index (κ2) is 5.29. The van der Waals surface area contributed by atoms with Crippen molar-refractivity contribution in [2.45, 2.75) is 6.42 Å². The summed E-state index contributed by atoms with van der Waals surface area (Å²) in [6.07, 6.45) is 0.0593. The van der Waals surface area contributed by atoms with Gasteiger partial charge in [-0.1, -0.05) is 34.1 Å². The van der Waals surface area contributed by atoms with E-state index < -0.39 is 5.97 Å². The zero-order valence-electron chi connectivity index (χ0n) is 9.05. The van der Waals surface area contributed by atoms with Crippen LogP contribution in [0, 0.1) is 11.3 Å². The lowest BCUT2D eigenvalue weighted by Crippen LogP contribution is -2.00. The number of rotatable bonds is 3. The van der Waals surface area contributed by atoms with Gasteiger partial charge < -0.3 is 5.11 Å². The lowest BCUT2D eigenvalue weighted by Gasteiger charge is -1.98. The van der Waals surface area contributed by atoms with E-state index in [4.69, 9.17) is 10.4 Å². The average Bonchev–Trinajstić information content (AvgIpc) is 2.74. The topological polar surface area (TPSA) is 74.0 Å². The monoisotopic (exact) mass is 322 g/mol. The second-order valence-electron chi connectivity index (χ2n) is 3.41. The zero-order valence-corrected chi connectivity index (χ0v) is 11.5. The lowest BCUT2D eigenvalue weighted by atomic mass is 10.2. The quantitative estimate of drug-likeness (QED) is 0.940. The molecule has 4 nitrogen and oxygen atoms in total. The maximum atomic E-state index is 11.0. The van der Waals surface area contributed by atoms with Crippen LogP contribution in [0.25, 0.3) is 10.6 Å². The number of carboxylic acids is 1. The van der Waals surface area contributed by atoms with Crippen molar-refractivity contribution in [2.75, 3.05) is 0 Å². The number of thiazole rings is 1. The van der Waals surface area contributed by atoms with Crippen LogP contribution in [0.15, 0.2) is 28.7 Å². The van der Waals surface area contributed by atoms with Crippen LogP contribution in [0.4, 0.5) is 0 Å². The van der Waals surface area contributed by atoms with Crippen molar-refractivity contribution in [3.63, 3.8) is 0 Å². The number of halogens is 1. The molecule has 0 aliphatic carbocycles. The van der Waals surface area contributed by atoms with E-state index in [0.29, 0.717) is 9.88 Å². The van der Waals surface area contributed by atoms with Gasteiger partial charge in [0.2, 0.25) is 0 Å². The number of nitriles is 1. The lowest BCUT2D eigenvalue weighted by molar-refractivity contribution is 0.0690. The Morgan fingerprint density at radius 1 is 1.50 bits per heavy atom. The van der Waals surface area contributed by atoms with E-state index in [-0.39, 0.29) is 12.1 Å². The largest absolute Gasteiger partial charge is 0.476 e. The normalized spacial score (nSPS) is 10.0. The summed E-state index contributed by atoms with van der Waals surface area (Å²) in [7, 11) is 0. The molecule has 0 amide bonds. The summed E-state index contributed by atoms with van der Waals surface area (Å²) < 4.78 is 0.846. The highest BCUT2D eigenvalue weighted by Crippen LogP contribution is 2.33. The van der Waals surface area contributed by atoms with Crippen LogP contribution in [0.2, 0.25) is 0 Å². The summed E-state index contributed by atoms with van der Waals surface area (Å²) in [5.74, 6) is -1.10. The van der Waals surface area contributed by atoms with Crippen LogP contribution >= 0.6 is 27.3 Å². The third-order valence-corrected chi connectivity index (χ3v) is 4.02. The first-order valence-corrected chi connectivity index (χ1v) is 6.59. The van der Waals surface area contributed by atoms with E-state index in [1.54, 1.807) is 0 Å². The van der Waals surface area contributed by atoms with E-state index in [1.807, 2.05) is 30.3 Å². The minimum atomic E-state index is -1.10. The van der Waals surface area contributed by atoms with Gasteiger partial charge in [-0.2, -0.15) is 5.26 Å². The molecule has 1 N–H and O–H groups in total. The molecule has 0 atom stereocenters. The standard InChI is InChI=1S/C12H7BrN2O2S/c13-8-4-2-1-3-7(8)11-15-10(12(16)17)9(18-11)5-6-14/h1-4H,5H2,(H,16,17). The van der Waals surface area contributed by atoms with E-state index >= 15 is 0 Å². The second-order valence-corrected chi connectivity index (χ2v) is 5.35. The average molecular weight is 323 g/mol. The fourth-order valence-corrected chi connectivity index (χ4v) is 3.09. The molecule has 6 heteroatoms. The molecular weight excluding hydrogens is 316 g/mol. The molecule has 0 bridgehead atoms. The van der Waals surface area contributed by atoms with Crippen LogP contribution in [-0.2, 0) is 6.42 Å². The smallest absolute Gasteiger partial charge is 0.355 e. The molecular formula is C12H7BrN2O2S. The van der Waals surface area contributed by atoms with Gasteiger partial charge in [0, 0.05) is 10.0 Å². The summed E-state index contributed by atoms with van der Waals surface area (Å²) in [6, 6.07) is 9.39. The molecule has 0 radical (unpaired) electrons. The minimum absolute atomic E-state index is 0.0349. The van der Waals surface area contributed by atoms with Gasteiger partial charge in [-0.25, -0.2) is 9.78 Å². The van der Waals surface area contributed by atoms with Gasteiger partial charge in [0.15, 0.2) is 5.69 Å². The molecule has 0 unspecified atom stereocenters. The van der Waals surface area contributed by atoms with Gasteiger partial charge in [-0.3, -0.25) is 0 Å². The summed E-state index contributed by atoms with van der Waals surface area (Å²) in [5.41, 5.74) is 0.793. The Hall–Kier alpha value is -1.71. The molecule has 0 spiro atoms. The SMILES string of the molecule is N#CCc1sc(-c2ccccc2Br)nc1C(=O)O. The Bertz CT molecular complexity index is 646. The fraction of sp³-hybridized carbons (Fsp3) is 0.0833. The van der Waals surface area contributed by atoms with Crippen LogP contribution in [0.1, 0.15) is 15.4 Å². The molecule has 2 rings (SSSR count). The predicted octanol–water partition coefficient (Wildman–Crippen LogP) is 3.34. The van der Waals surface area contributed by atoms with Crippen LogP contribution in [-0.4, -0.2) is 16.1 Å². The highest BCUT2D eigenvalue weighted by Gasteiger charge is 2.18. The van der Waals surface area contributed by atoms with Crippen LogP contribution < -0.4 is 0 Å². The van der Waals surface area contributed by atoms with Crippen molar-refractivity contribution in [1.82, 2.24) is 4.98 Å². The predicted molar refractivity (Wildman–Crippen MR) is 71.5 cm³/mol. The summed E-state index contributed by atoms with van der Waals surface area (Å²) >= 11 is 4.63. The molecule has 0 saturated carbocycles. The molecule has 1 heterocycles. The number of aromatic carboxylic acids is 1. The first kappa shape index (κ1) is 12.7. The number of hydrogen-bond donors (Lipinski definition) is 1. The first-order valence-electron chi connectivity index (χ1n) is 4.98. The van der Waals surface area contributed by atoms with Gasteiger partial charge in [0.1, 0.15) is 5.01 Å². The van der Waals surface area contributed by atoms with Gasteiger partial charge in [-0.15, -0.1) is 11.3 Å². The molecule has 0 aliphatic rings. The molecule has 1 aromatic heterocycles. The van der Waals surface area contributed by atoms with E-state index in [9.17, 15) is 4.79 Å². The van der Waals surface area contributed by atoms with Crippen LogP contribution in [0.5, 0.6) is 0 Å². The van der Waals surface area contributed by atoms with E-state index in [0.717, 1.165) is 10.0 Å². The summed E-state index contributed by atoms with van der Waals surface area (Å²) in [6.45, 7) is 0. The van der Waals surface area contributed by atoms with Crippen molar-refractivity contribution in [3.8, 4) is 16.6 Å². The molecule has 0 fully saturated rings. The van der Waals surface area contributed by atoms with Gasteiger partial charge in [0.05, 0.1) is 17.4 Å². The Kier molecular flexibility index (Phi) is 3.75. The Morgan fingerprint density at radius 2 is 2.22 bits per heavy atom. The Balaban J connectivity index is 2.54. The van der Waals surface area contributed by atoms with Crippen molar-refractivity contribution in [3.05, 3.63) is 39.3 Å². The molecule has 18 heavy (non-hydrogen) atoms. The Morgan fingerprint density at radius 3 is 2.83 bits per heavy atom. The molecule has 0 saturated heterocycles. The summed E-state index contributed by atoms with van der Waals surface area (Å²) in [4.78, 5) is 15.6. The molecule has 90 valence electrons. The number of carboxylic acid groups (broad SMARTS) is 1. The van der Waals surface area contributed by atoms with Crippen LogP contribution in [0.3, 0.4) is 0 Å². The number of aromatic nitrogens is 1. The van der Waals surface area contributed by atoms with Crippen molar-refractivity contribution in [1.29, 1.82) is 5.26 Å². The first-order chi connectivity index (χ1) is 8.63. The van der Waals surface area contributed by atoms with Crippen molar-refractivity contribution < 1.29 is 9.90 Å². The molecule has 1 aromatic carbocycles. The van der Waals surface area contributed by atoms with Gasteiger partial charge in [-0.05, 0) is 6.07 Å². The molecule has 0 aliphatic heterocycles. The van der Waals surface area contributed by atoms with Crippen molar-refractivity contribution in [2.24, 2.45) is 0 Å². The third-order valence-electron chi connectivity index (χ3n) is 2.24. The fourth-order valence-electron chi connectivity index (χ4n) is 1.46. The van der Waals surface area contributed by atoms with Gasteiger partial charge in [0.25, 0.3) is 0 Å². The van der Waals surface area contributed by atoms with E-state index in [1.165, 1.54) is 11.3 Å².